The lowest BCUT2D eigenvalue weighted by Crippen LogP contribution is -2.57. The standard InChI is InChI=1S/C50H48N2OS/c1-43-23-49(24-43)45(3)41(43)33-13-27-5-7-29-17-35(19-31(15-33)39(27)29)51-11-9-47(45,49)21-37(51)54(53)38-22-48-10-12-52(38)36-18-30-8-6-28-14-34(16-32(20-36)40(28)30)42-44(2)25-50(48,26-44)46(42,48)4/h5-8,13-20,37-38,41-42H,9-12,21-26H2,1-4H3. The first kappa shape index (κ1) is 29.0. The van der Waals surface area contributed by atoms with Crippen molar-refractivity contribution in [2.75, 3.05) is 22.9 Å². The van der Waals surface area contributed by atoms with E-state index in [0.29, 0.717) is 33.5 Å². The summed E-state index contributed by atoms with van der Waals surface area (Å²) in [6.07, 6.45) is 19.6. The maximum atomic E-state index is 16.5. The van der Waals surface area contributed by atoms with Crippen LogP contribution in [-0.4, -0.2) is 28.0 Å². The minimum atomic E-state index is -1.07. The first-order chi connectivity index (χ1) is 25.9. The Morgan fingerprint density at radius 1 is 0.537 bits per heavy atom. The van der Waals surface area contributed by atoms with Crippen LogP contribution in [-0.2, 0) is 10.8 Å². The predicted molar refractivity (Wildman–Crippen MR) is 221 cm³/mol. The van der Waals surface area contributed by atoms with Crippen LogP contribution in [0.1, 0.15) is 124 Å². The van der Waals surface area contributed by atoms with E-state index in [1.54, 1.807) is 11.1 Å². The molecular formula is C50H48N2OS. The number of hydrogen-bond acceptors (Lipinski definition) is 3. The highest BCUT2D eigenvalue weighted by atomic mass is 32.2. The van der Waals surface area contributed by atoms with Gasteiger partial charge in [-0.15, -0.1) is 0 Å². The molecule has 10 fully saturated rings. The molecule has 4 aromatic rings. The Morgan fingerprint density at radius 3 is 1.37 bits per heavy atom. The van der Waals surface area contributed by atoms with E-state index < -0.39 is 10.8 Å². The molecule has 8 saturated carbocycles. The second-order valence-electron chi connectivity index (χ2n) is 22.3. The van der Waals surface area contributed by atoms with E-state index >= 15 is 4.21 Å². The maximum Gasteiger partial charge on any atom is 0.107 e. The van der Waals surface area contributed by atoms with Gasteiger partial charge >= 0.3 is 0 Å². The van der Waals surface area contributed by atoms with Crippen LogP contribution < -0.4 is 9.80 Å². The van der Waals surface area contributed by atoms with Crippen LogP contribution in [0.5, 0.6) is 0 Å². The fourth-order valence-electron chi connectivity index (χ4n) is 20.3. The number of fused-ring (bicyclic) bond motifs is 4. The average Bonchev–Trinajstić information content (AvgIpc) is 3.63. The Labute approximate surface area is 320 Å². The van der Waals surface area contributed by atoms with Crippen molar-refractivity contribution >= 4 is 68.0 Å². The summed E-state index contributed by atoms with van der Waals surface area (Å²) in [6, 6.07) is 20.3. The molecular weight excluding hydrogens is 677 g/mol. The third kappa shape index (κ3) is 2.39. The highest BCUT2D eigenvalue weighted by molar-refractivity contribution is 7.86. The Hall–Kier alpha value is -3.37. The normalized spacial score (nSPS) is 49.9. The van der Waals surface area contributed by atoms with Gasteiger partial charge in [-0.2, -0.15) is 0 Å². The maximum absolute atomic E-state index is 16.5. The summed E-state index contributed by atoms with van der Waals surface area (Å²) in [7, 11) is -1.07. The zero-order valence-corrected chi connectivity index (χ0v) is 32.8. The molecule has 4 aromatic carbocycles. The Morgan fingerprint density at radius 2 is 0.944 bits per heavy atom. The van der Waals surface area contributed by atoms with Gasteiger partial charge in [0.1, 0.15) is 10.7 Å². The number of rotatable bonds is 2. The van der Waals surface area contributed by atoms with Crippen LogP contribution in [0.25, 0.3) is 45.8 Å². The number of nitrogens with zero attached hydrogens (tertiary/aromatic N) is 2. The van der Waals surface area contributed by atoms with Crippen LogP contribution in [0.15, 0.2) is 48.5 Å². The molecule has 0 radical (unpaired) electrons. The van der Waals surface area contributed by atoms with Gasteiger partial charge in [0.15, 0.2) is 0 Å². The largest absolute Gasteiger partial charge is 0.357 e. The van der Waals surface area contributed by atoms with E-state index in [0.717, 1.165) is 25.9 Å². The highest BCUT2D eigenvalue weighted by Gasteiger charge is 2.98. The lowest BCUT2D eigenvalue weighted by molar-refractivity contribution is 0.0139. The molecule has 6 aliphatic heterocycles. The van der Waals surface area contributed by atoms with E-state index in [1.165, 1.54) is 93.7 Å². The molecule has 3 nitrogen and oxygen atoms in total. The summed E-state index contributed by atoms with van der Waals surface area (Å²) < 4.78 is 16.5. The van der Waals surface area contributed by atoms with Gasteiger partial charge in [0.05, 0.1) is 10.8 Å². The molecule has 8 atom stereocenters. The van der Waals surface area contributed by atoms with E-state index in [2.05, 4.69) is 110 Å². The fraction of sp³-hybridized carbons (Fsp3) is 0.520. The quantitative estimate of drug-likeness (QED) is 0.178. The Kier molecular flexibility index (Phi) is 4.12. The first-order valence-electron chi connectivity index (χ1n) is 21.5. The summed E-state index contributed by atoms with van der Waals surface area (Å²) in [5.74, 6) is 1.17. The monoisotopic (exact) mass is 724 g/mol. The molecule has 0 aromatic heterocycles. The zero-order valence-electron chi connectivity index (χ0n) is 32.0. The molecule has 4 spiro atoms. The Balaban J connectivity index is 0.913. The second kappa shape index (κ2) is 7.68. The molecule has 54 heavy (non-hydrogen) atoms. The van der Waals surface area contributed by atoms with Gasteiger partial charge in [0.25, 0.3) is 0 Å². The van der Waals surface area contributed by atoms with Crippen molar-refractivity contribution < 1.29 is 4.21 Å². The molecule has 8 unspecified atom stereocenters. The van der Waals surface area contributed by atoms with Crippen LogP contribution >= 0.6 is 0 Å². The average molecular weight is 725 g/mol. The topological polar surface area (TPSA) is 23.6 Å². The second-order valence-corrected chi connectivity index (χ2v) is 24.0. The number of piperidine rings is 2. The molecule has 14 bridgehead atoms. The van der Waals surface area contributed by atoms with E-state index in [9.17, 15) is 0 Å². The number of benzene rings is 4. The van der Waals surface area contributed by atoms with Crippen molar-refractivity contribution in [1.29, 1.82) is 0 Å². The third-order valence-corrected chi connectivity index (χ3v) is 23.3. The van der Waals surface area contributed by atoms with Gasteiger partial charge in [-0.25, -0.2) is 0 Å². The third-order valence-electron chi connectivity index (χ3n) is 21.3. The minimum Gasteiger partial charge on any atom is -0.357 e. The zero-order chi connectivity index (χ0) is 35.5. The number of hydrogen-bond donors (Lipinski definition) is 0. The van der Waals surface area contributed by atoms with Crippen LogP contribution in [0.2, 0.25) is 0 Å². The van der Waals surface area contributed by atoms with Crippen molar-refractivity contribution in [2.24, 2.45) is 43.3 Å². The summed E-state index contributed by atoms with van der Waals surface area (Å²) in [5.41, 5.74) is 14.1. The minimum absolute atomic E-state index is 0.0274. The van der Waals surface area contributed by atoms with Gasteiger partial charge in [-0.3, -0.25) is 4.21 Å². The highest BCUT2D eigenvalue weighted by Crippen LogP contribution is 3.04. The molecule has 0 N–H and O–H groups in total. The number of anilines is 2. The van der Waals surface area contributed by atoms with Crippen molar-refractivity contribution in [3.8, 4) is 0 Å². The van der Waals surface area contributed by atoms with Crippen molar-refractivity contribution in [3.63, 3.8) is 0 Å². The van der Waals surface area contributed by atoms with E-state index in [-0.39, 0.29) is 32.4 Å². The summed E-state index contributed by atoms with van der Waals surface area (Å²) >= 11 is 0. The molecule has 0 amide bonds. The smallest absolute Gasteiger partial charge is 0.107 e. The van der Waals surface area contributed by atoms with E-state index in [1.807, 2.05) is 0 Å². The van der Waals surface area contributed by atoms with E-state index in [4.69, 9.17) is 0 Å². The molecule has 10 aliphatic carbocycles. The SMILES string of the molecule is CC12CC3(C1)C14CCN(c5cc6c7c(cc(cc7c5)C2C13C)C=C6)C(S(=O)C1CC23CCN1c1cc5c6c(cc(cc6c1)C1C6(C)CC2(C6)C13C)C=C5)C4. The first-order valence-corrected chi connectivity index (χ1v) is 22.7. The molecule has 2 saturated heterocycles. The fourth-order valence-corrected chi connectivity index (χ4v) is 22.5. The van der Waals surface area contributed by atoms with Gasteiger partial charge < -0.3 is 9.80 Å². The summed E-state index contributed by atoms with van der Waals surface area (Å²) in [5, 5.41) is 5.73. The molecule has 6 heterocycles. The summed E-state index contributed by atoms with van der Waals surface area (Å²) in [4.78, 5) is 5.41. The lowest BCUT2D eigenvalue weighted by Gasteiger charge is -2.55. The van der Waals surface area contributed by atoms with Crippen molar-refractivity contribution in [2.45, 2.75) is 102 Å². The molecule has 270 valence electrons. The van der Waals surface area contributed by atoms with Gasteiger partial charge in [-0.05, 0) is 186 Å². The Bertz CT molecular complexity index is 2560. The van der Waals surface area contributed by atoms with Crippen LogP contribution in [0.3, 0.4) is 0 Å². The van der Waals surface area contributed by atoms with Crippen LogP contribution in [0.4, 0.5) is 11.4 Å². The summed E-state index contributed by atoms with van der Waals surface area (Å²) in [6.45, 7) is 12.7. The molecule has 4 heteroatoms. The van der Waals surface area contributed by atoms with Gasteiger partial charge in [0.2, 0.25) is 0 Å². The van der Waals surface area contributed by atoms with Crippen molar-refractivity contribution in [3.05, 3.63) is 81.9 Å². The molecule has 16 aliphatic rings. The predicted octanol–water partition coefficient (Wildman–Crippen LogP) is 11.1. The van der Waals surface area contributed by atoms with Gasteiger partial charge in [-0.1, -0.05) is 76.3 Å². The van der Waals surface area contributed by atoms with Crippen molar-refractivity contribution in [1.82, 2.24) is 0 Å². The van der Waals surface area contributed by atoms with Crippen LogP contribution in [0, 0.1) is 43.3 Å². The lowest BCUT2D eigenvalue weighted by atomic mass is 9.54. The van der Waals surface area contributed by atoms with Gasteiger partial charge in [0, 0.05) is 24.5 Å². The molecule has 20 rings (SSSR count).